The van der Waals surface area contributed by atoms with Crippen LogP contribution in [-0.2, 0) is 0 Å². The molecule has 2 N–H and O–H groups in total. The van der Waals surface area contributed by atoms with Crippen LogP contribution in [0.15, 0.2) is 0 Å². The fourth-order valence-corrected chi connectivity index (χ4v) is 2.77. The van der Waals surface area contributed by atoms with E-state index in [0.717, 1.165) is 12.6 Å². The van der Waals surface area contributed by atoms with E-state index in [-0.39, 0.29) is 0 Å². The van der Waals surface area contributed by atoms with Gasteiger partial charge < -0.3 is 10.6 Å². The number of likely N-dealkylation sites (tertiary alicyclic amines) is 1. The van der Waals surface area contributed by atoms with Crippen LogP contribution in [-0.4, -0.2) is 56.1 Å². The Kier molecular flexibility index (Phi) is 3.33. The fourth-order valence-electron chi connectivity index (χ4n) is 2.77. The van der Waals surface area contributed by atoms with Gasteiger partial charge in [0, 0.05) is 19.1 Å². The second-order valence-electron chi connectivity index (χ2n) is 5.73. The highest BCUT2D eigenvalue weighted by molar-refractivity contribution is 4.98. The molecule has 2 aliphatic rings. The van der Waals surface area contributed by atoms with Gasteiger partial charge in [0.2, 0.25) is 0 Å². The van der Waals surface area contributed by atoms with E-state index >= 15 is 0 Å². The van der Waals surface area contributed by atoms with E-state index in [1.54, 1.807) is 0 Å². The largest absolute Gasteiger partial charge is 0.330 e. The summed E-state index contributed by atoms with van der Waals surface area (Å²) in [5.74, 6) is 0. The van der Waals surface area contributed by atoms with Crippen molar-refractivity contribution in [3.8, 4) is 0 Å². The van der Waals surface area contributed by atoms with E-state index < -0.39 is 0 Å². The van der Waals surface area contributed by atoms with Crippen molar-refractivity contribution in [1.82, 2.24) is 9.80 Å². The molecule has 1 atom stereocenters. The summed E-state index contributed by atoms with van der Waals surface area (Å²) in [7, 11) is 4.35. The van der Waals surface area contributed by atoms with Crippen LogP contribution >= 0.6 is 0 Å². The van der Waals surface area contributed by atoms with E-state index in [9.17, 15) is 0 Å². The van der Waals surface area contributed by atoms with Crippen molar-refractivity contribution in [3.63, 3.8) is 0 Å². The highest BCUT2D eigenvalue weighted by Gasteiger charge is 2.44. The summed E-state index contributed by atoms with van der Waals surface area (Å²) in [6.45, 7) is 4.64. The van der Waals surface area contributed by atoms with Gasteiger partial charge in [0.15, 0.2) is 0 Å². The maximum absolute atomic E-state index is 5.86. The minimum absolute atomic E-state index is 0.509. The second-order valence-corrected chi connectivity index (χ2v) is 5.73. The predicted octanol–water partition coefficient (Wildman–Crippen LogP) is 0.751. The number of nitrogens with zero attached hydrogens (tertiary/aromatic N) is 2. The molecule has 0 aromatic rings. The first-order chi connectivity index (χ1) is 7.15. The molecule has 1 aliphatic heterocycles. The minimum Gasteiger partial charge on any atom is -0.330 e. The molecule has 1 saturated carbocycles. The Labute approximate surface area is 93.6 Å². The summed E-state index contributed by atoms with van der Waals surface area (Å²) < 4.78 is 0. The lowest BCUT2D eigenvalue weighted by molar-refractivity contribution is 0.175. The number of hydrogen-bond donors (Lipinski definition) is 1. The van der Waals surface area contributed by atoms with E-state index in [4.69, 9.17) is 5.73 Å². The monoisotopic (exact) mass is 211 g/mol. The Bertz CT molecular complexity index is 211. The van der Waals surface area contributed by atoms with Crippen LogP contribution in [0.5, 0.6) is 0 Å². The summed E-state index contributed by atoms with van der Waals surface area (Å²) >= 11 is 0. The number of rotatable bonds is 5. The van der Waals surface area contributed by atoms with Crippen molar-refractivity contribution in [2.24, 2.45) is 11.1 Å². The topological polar surface area (TPSA) is 32.5 Å². The molecule has 3 nitrogen and oxygen atoms in total. The molecule has 1 heterocycles. The van der Waals surface area contributed by atoms with Gasteiger partial charge in [-0.25, -0.2) is 0 Å². The fraction of sp³-hybridized carbons (Fsp3) is 1.00. The summed E-state index contributed by atoms with van der Waals surface area (Å²) in [6.07, 6.45) is 5.46. The van der Waals surface area contributed by atoms with E-state index in [1.807, 2.05) is 0 Å². The molecule has 1 aliphatic carbocycles. The molecule has 0 bridgehead atoms. The average Bonchev–Trinajstić information content (AvgIpc) is 2.84. The zero-order chi connectivity index (χ0) is 10.9. The Morgan fingerprint density at radius 3 is 2.67 bits per heavy atom. The zero-order valence-electron chi connectivity index (χ0n) is 10.2. The summed E-state index contributed by atoms with van der Waals surface area (Å²) in [5, 5.41) is 0. The van der Waals surface area contributed by atoms with Crippen LogP contribution in [0.3, 0.4) is 0 Å². The van der Waals surface area contributed by atoms with Crippen LogP contribution in [0.2, 0.25) is 0 Å². The molecule has 2 fully saturated rings. The molecule has 0 aromatic heterocycles. The Balaban J connectivity index is 1.85. The van der Waals surface area contributed by atoms with Crippen molar-refractivity contribution in [2.75, 3.05) is 40.3 Å². The molecular weight excluding hydrogens is 186 g/mol. The Morgan fingerprint density at radius 2 is 2.13 bits per heavy atom. The molecule has 0 amide bonds. The molecule has 0 aromatic carbocycles. The number of nitrogens with two attached hydrogens (primary N) is 1. The second kappa shape index (κ2) is 4.40. The maximum Gasteiger partial charge on any atom is 0.0223 e. The lowest BCUT2D eigenvalue weighted by atomic mass is 10.1. The zero-order valence-corrected chi connectivity index (χ0v) is 10.2. The van der Waals surface area contributed by atoms with Gasteiger partial charge in [-0.2, -0.15) is 0 Å². The van der Waals surface area contributed by atoms with Crippen molar-refractivity contribution in [1.29, 1.82) is 0 Å². The summed E-state index contributed by atoms with van der Waals surface area (Å²) in [4.78, 5) is 4.99. The van der Waals surface area contributed by atoms with Gasteiger partial charge in [-0.15, -0.1) is 0 Å². The van der Waals surface area contributed by atoms with Crippen LogP contribution < -0.4 is 5.73 Å². The summed E-state index contributed by atoms with van der Waals surface area (Å²) in [6, 6.07) is 0.782. The van der Waals surface area contributed by atoms with Gasteiger partial charge in [0.05, 0.1) is 0 Å². The molecule has 1 unspecified atom stereocenters. The molecule has 2 rings (SSSR count). The average molecular weight is 211 g/mol. The third-order valence-corrected chi connectivity index (χ3v) is 4.00. The first-order valence-electron chi connectivity index (χ1n) is 6.24. The quantitative estimate of drug-likeness (QED) is 0.728. The predicted molar refractivity (Wildman–Crippen MR) is 63.9 cm³/mol. The van der Waals surface area contributed by atoms with Gasteiger partial charge in [-0.1, -0.05) is 0 Å². The SMILES string of the molecule is CN(C)CC1CCCN1CC1(CN)CC1. The van der Waals surface area contributed by atoms with Crippen molar-refractivity contribution in [2.45, 2.75) is 31.7 Å². The number of hydrogen-bond acceptors (Lipinski definition) is 3. The van der Waals surface area contributed by atoms with Crippen LogP contribution in [0.4, 0.5) is 0 Å². The van der Waals surface area contributed by atoms with Crippen molar-refractivity contribution >= 4 is 0 Å². The highest BCUT2D eigenvalue weighted by atomic mass is 15.2. The highest BCUT2D eigenvalue weighted by Crippen LogP contribution is 2.46. The molecule has 88 valence electrons. The first-order valence-corrected chi connectivity index (χ1v) is 6.24. The van der Waals surface area contributed by atoms with Gasteiger partial charge in [-0.3, -0.25) is 4.90 Å². The normalized spacial score (nSPS) is 30.0. The standard InChI is InChI=1S/C12H25N3/c1-14(2)8-11-4-3-7-15(11)10-12(9-13)5-6-12/h11H,3-10,13H2,1-2H3. The molecular formula is C12H25N3. The van der Waals surface area contributed by atoms with Gasteiger partial charge in [-0.05, 0) is 58.3 Å². The maximum atomic E-state index is 5.86. The molecule has 1 saturated heterocycles. The van der Waals surface area contributed by atoms with E-state index in [0.29, 0.717) is 5.41 Å². The molecule has 15 heavy (non-hydrogen) atoms. The lowest BCUT2D eigenvalue weighted by Gasteiger charge is -2.30. The van der Waals surface area contributed by atoms with Crippen LogP contribution in [0.25, 0.3) is 0 Å². The van der Waals surface area contributed by atoms with Crippen molar-refractivity contribution in [3.05, 3.63) is 0 Å². The molecule has 3 heteroatoms. The number of likely N-dealkylation sites (N-methyl/N-ethyl adjacent to an activating group) is 1. The molecule has 0 spiro atoms. The Hall–Kier alpha value is -0.120. The summed E-state index contributed by atoms with van der Waals surface area (Å²) in [5.41, 5.74) is 6.37. The van der Waals surface area contributed by atoms with Gasteiger partial charge in [0.25, 0.3) is 0 Å². The smallest absolute Gasteiger partial charge is 0.0223 e. The van der Waals surface area contributed by atoms with E-state index in [2.05, 4.69) is 23.9 Å². The van der Waals surface area contributed by atoms with Crippen LogP contribution in [0, 0.1) is 5.41 Å². The minimum atomic E-state index is 0.509. The van der Waals surface area contributed by atoms with Gasteiger partial charge in [0.1, 0.15) is 0 Å². The first kappa shape index (κ1) is 11.4. The van der Waals surface area contributed by atoms with Gasteiger partial charge >= 0.3 is 0 Å². The third-order valence-electron chi connectivity index (χ3n) is 4.00. The Morgan fingerprint density at radius 1 is 1.40 bits per heavy atom. The van der Waals surface area contributed by atoms with Crippen molar-refractivity contribution < 1.29 is 0 Å². The van der Waals surface area contributed by atoms with E-state index in [1.165, 1.54) is 45.3 Å². The third kappa shape index (κ3) is 2.71. The van der Waals surface area contributed by atoms with Crippen LogP contribution in [0.1, 0.15) is 25.7 Å². The molecule has 0 radical (unpaired) electrons. The lowest BCUT2D eigenvalue weighted by Crippen LogP contribution is -2.42.